The number of anilines is 2. The fraction of sp³-hybridized carbons (Fsp3) is 0.250. The minimum Gasteiger partial charge on any atom is -0.369 e. The second kappa shape index (κ2) is 13.3. The van der Waals surface area contributed by atoms with Gasteiger partial charge in [-0.25, -0.2) is 4.99 Å². The van der Waals surface area contributed by atoms with Crippen LogP contribution in [0.2, 0.25) is 0 Å². The molecule has 0 fully saturated rings. The number of benzene rings is 3. The van der Waals surface area contributed by atoms with Crippen molar-refractivity contribution in [3.63, 3.8) is 0 Å². The smallest absolute Gasteiger partial charge is 0.332 e. The topological polar surface area (TPSA) is 198 Å². The van der Waals surface area contributed by atoms with E-state index < -0.39 is 36.8 Å². The van der Waals surface area contributed by atoms with Crippen molar-refractivity contribution >= 4 is 49.5 Å². The van der Waals surface area contributed by atoms with Crippen LogP contribution in [0.15, 0.2) is 93.7 Å². The lowest BCUT2D eigenvalue weighted by molar-refractivity contribution is -0.117. The maximum Gasteiger partial charge on any atom is 0.332 e. The monoisotopic (exact) mass is 632 g/mol. The number of carbonyl (C=O) groups is 1. The molecule has 4 rings (SSSR count). The second-order valence-corrected chi connectivity index (χ2v) is 13.0. The van der Waals surface area contributed by atoms with Crippen molar-refractivity contribution < 1.29 is 30.1 Å². The molecule has 3 aromatic rings. The van der Waals surface area contributed by atoms with Crippen molar-refractivity contribution in [3.05, 3.63) is 90.0 Å². The lowest BCUT2D eigenvalue weighted by Gasteiger charge is -2.38. The molecule has 6 N–H and O–H groups in total. The average molecular weight is 633 g/mol. The zero-order valence-electron chi connectivity index (χ0n) is 23.7. The Morgan fingerprint density at radius 3 is 2.02 bits per heavy atom. The van der Waals surface area contributed by atoms with Gasteiger partial charge in [0.05, 0.1) is 16.6 Å². The summed E-state index contributed by atoms with van der Waals surface area (Å²) in [7, 11) is -8.48. The maximum atomic E-state index is 13.3. The summed E-state index contributed by atoms with van der Waals surface area (Å²) in [5.74, 6) is -0.678. The Morgan fingerprint density at radius 1 is 0.977 bits per heavy atom. The van der Waals surface area contributed by atoms with Crippen molar-refractivity contribution in [2.24, 2.45) is 21.5 Å². The zero-order chi connectivity index (χ0) is 32.0. The van der Waals surface area contributed by atoms with E-state index in [1.807, 2.05) is 68.4 Å². The van der Waals surface area contributed by atoms with Gasteiger partial charge in [0.25, 0.3) is 10.1 Å². The number of amides is 1. The van der Waals surface area contributed by atoms with Crippen LogP contribution >= 0.6 is 0 Å². The Balaban J connectivity index is 0.000000765. The molecule has 15 heteroatoms. The van der Waals surface area contributed by atoms with E-state index in [4.69, 9.17) is 16.0 Å². The highest BCUT2D eigenvalue weighted by atomic mass is 32.3. The van der Waals surface area contributed by atoms with Gasteiger partial charge in [-0.1, -0.05) is 42.5 Å². The SMILES string of the molecule is CC1(C)N=C(N)N=C(N)N1c1ccc(CC(C(=O)Nc2ccc(S(=O)(=O)F)cc2)c2ccccc2)cc1.CCS(=O)(=O)O. The van der Waals surface area contributed by atoms with Crippen LogP contribution in [-0.4, -0.2) is 50.6 Å². The van der Waals surface area contributed by atoms with Crippen molar-refractivity contribution in [1.29, 1.82) is 0 Å². The summed E-state index contributed by atoms with van der Waals surface area (Å²) in [5.41, 5.74) is 14.0. The molecule has 0 aliphatic carbocycles. The van der Waals surface area contributed by atoms with Crippen LogP contribution < -0.4 is 21.7 Å². The molecule has 12 nitrogen and oxygen atoms in total. The van der Waals surface area contributed by atoms with Crippen LogP contribution in [0.3, 0.4) is 0 Å². The highest BCUT2D eigenvalue weighted by Crippen LogP contribution is 2.29. The first-order chi connectivity index (χ1) is 20.0. The summed E-state index contributed by atoms with van der Waals surface area (Å²) in [6.07, 6.45) is 0.394. The Morgan fingerprint density at radius 2 is 1.53 bits per heavy atom. The number of rotatable bonds is 8. The molecule has 0 bridgehead atoms. The molecule has 1 amide bonds. The van der Waals surface area contributed by atoms with E-state index in [0.29, 0.717) is 12.1 Å². The summed E-state index contributed by atoms with van der Waals surface area (Å²) >= 11 is 0. The van der Waals surface area contributed by atoms with Crippen molar-refractivity contribution in [2.45, 2.75) is 43.7 Å². The van der Waals surface area contributed by atoms with Crippen molar-refractivity contribution in [1.82, 2.24) is 0 Å². The van der Waals surface area contributed by atoms with E-state index in [2.05, 4.69) is 15.3 Å². The fourth-order valence-electron chi connectivity index (χ4n) is 4.25. The fourth-order valence-corrected chi connectivity index (χ4v) is 4.71. The Bertz CT molecular complexity index is 1710. The number of carbonyl (C=O) groups excluding carboxylic acids is 1. The molecule has 1 atom stereocenters. The van der Waals surface area contributed by atoms with Gasteiger partial charge >= 0.3 is 10.2 Å². The van der Waals surface area contributed by atoms with Gasteiger partial charge in [-0.05, 0) is 74.7 Å². The number of nitrogens with two attached hydrogens (primary N) is 2. The molecule has 1 unspecified atom stereocenters. The Hall–Kier alpha value is -4.34. The van der Waals surface area contributed by atoms with Crippen LogP contribution in [0.25, 0.3) is 0 Å². The van der Waals surface area contributed by atoms with E-state index in [9.17, 15) is 25.5 Å². The normalized spacial score (nSPS) is 15.3. The molecular formula is C28H33FN6O6S2. The van der Waals surface area contributed by atoms with Crippen LogP contribution in [0, 0.1) is 0 Å². The van der Waals surface area contributed by atoms with Gasteiger partial charge in [0.15, 0.2) is 0 Å². The van der Waals surface area contributed by atoms with Crippen molar-refractivity contribution in [2.75, 3.05) is 16.0 Å². The largest absolute Gasteiger partial charge is 0.369 e. The second-order valence-electron chi connectivity index (χ2n) is 9.93. The third-order valence-corrected chi connectivity index (χ3v) is 7.88. The van der Waals surface area contributed by atoms with E-state index >= 15 is 0 Å². The number of aliphatic imine (C=N–C) groups is 2. The molecule has 3 aromatic carbocycles. The third-order valence-electron chi connectivity index (χ3n) is 6.31. The Labute approximate surface area is 250 Å². The molecule has 0 spiro atoms. The third kappa shape index (κ3) is 9.33. The van der Waals surface area contributed by atoms with Gasteiger partial charge in [-0.3, -0.25) is 14.2 Å². The first kappa shape index (κ1) is 33.2. The maximum absolute atomic E-state index is 13.3. The minimum absolute atomic E-state index is 0.119. The molecule has 0 saturated carbocycles. The van der Waals surface area contributed by atoms with Gasteiger partial charge in [0.2, 0.25) is 17.8 Å². The Kier molecular flexibility index (Phi) is 10.3. The predicted octanol–water partition coefficient (Wildman–Crippen LogP) is 3.39. The first-order valence-corrected chi connectivity index (χ1v) is 15.9. The standard InChI is InChI=1S/C26H27FN6O3S.C2H6O3S/c1-26(2)32-24(28)31-25(29)33(26)20-12-8-17(9-13-20)16-22(18-6-4-3-5-7-18)23(34)30-19-10-14-21(15-11-19)37(27,35)36;1-2-6(3,4)5/h3-15,22H,16H2,1-2H3,(H,30,34)(H4,28,29,31,32);2H2,1H3,(H,3,4,5). The van der Waals surface area contributed by atoms with E-state index in [0.717, 1.165) is 28.9 Å². The number of hydrogen-bond acceptors (Lipinski definition) is 10. The predicted molar refractivity (Wildman–Crippen MR) is 165 cm³/mol. The van der Waals surface area contributed by atoms with Gasteiger partial charge in [0, 0.05) is 11.4 Å². The summed E-state index contributed by atoms with van der Waals surface area (Å²) in [5, 5.41) is 2.80. The number of guanidine groups is 2. The average Bonchev–Trinajstić information content (AvgIpc) is 2.91. The molecule has 0 saturated heterocycles. The van der Waals surface area contributed by atoms with Crippen LogP contribution in [0.4, 0.5) is 15.3 Å². The molecule has 1 heterocycles. The zero-order valence-corrected chi connectivity index (χ0v) is 25.3. The lowest BCUT2D eigenvalue weighted by atomic mass is 9.91. The molecule has 43 heavy (non-hydrogen) atoms. The van der Waals surface area contributed by atoms with Gasteiger partial charge in [0.1, 0.15) is 5.66 Å². The minimum atomic E-state index is -4.82. The molecule has 230 valence electrons. The summed E-state index contributed by atoms with van der Waals surface area (Å²) in [4.78, 5) is 23.0. The first-order valence-electron chi connectivity index (χ1n) is 12.9. The molecule has 0 aromatic heterocycles. The van der Waals surface area contributed by atoms with Crippen LogP contribution in [-0.2, 0) is 31.6 Å². The van der Waals surface area contributed by atoms with Crippen molar-refractivity contribution in [3.8, 4) is 0 Å². The van der Waals surface area contributed by atoms with Crippen LogP contribution in [0.1, 0.15) is 37.8 Å². The van der Waals surface area contributed by atoms with Gasteiger partial charge in [-0.15, -0.1) is 3.89 Å². The molecular weight excluding hydrogens is 599 g/mol. The van der Waals surface area contributed by atoms with E-state index in [1.165, 1.54) is 19.1 Å². The molecule has 0 radical (unpaired) electrons. The lowest BCUT2D eigenvalue weighted by Crippen LogP contribution is -2.54. The number of hydrogen-bond donors (Lipinski definition) is 4. The molecule has 1 aliphatic rings. The quantitative estimate of drug-likeness (QED) is 0.212. The summed E-state index contributed by atoms with van der Waals surface area (Å²) in [6.45, 7) is 5.12. The van der Waals surface area contributed by atoms with Crippen LogP contribution in [0.5, 0.6) is 0 Å². The number of halogens is 1. The highest BCUT2D eigenvalue weighted by Gasteiger charge is 2.33. The van der Waals surface area contributed by atoms with Gasteiger partial charge in [-0.2, -0.15) is 21.8 Å². The number of nitrogens with zero attached hydrogens (tertiary/aromatic N) is 3. The van der Waals surface area contributed by atoms with E-state index in [1.54, 1.807) is 4.90 Å². The number of nitrogens with one attached hydrogen (secondary N) is 1. The summed E-state index contributed by atoms with van der Waals surface area (Å²) < 4.78 is 62.2. The van der Waals surface area contributed by atoms with E-state index in [-0.39, 0.29) is 23.6 Å². The summed E-state index contributed by atoms with van der Waals surface area (Å²) in [6, 6.07) is 21.8. The highest BCUT2D eigenvalue weighted by molar-refractivity contribution is 7.86. The van der Waals surface area contributed by atoms with Gasteiger partial charge < -0.3 is 16.8 Å². The molecule has 1 aliphatic heterocycles.